The Morgan fingerprint density at radius 2 is 1.76 bits per heavy atom. The van der Waals surface area contributed by atoms with Crippen molar-refractivity contribution in [3.63, 3.8) is 0 Å². The van der Waals surface area contributed by atoms with Gasteiger partial charge in [0.2, 0.25) is 0 Å². The molecule has 0 fully saturated rings. The van der Waals surface area contributed by atoms with E-state index < -0.39 is 0 Å². The minimum atomic E-state index is -0.175. The van der Waals surface area contributed by atoms with Crippen molar-refractivity contribution < 1.29 is 14.3 Å². The summed E-state index contributed by atoms with van der Waals surface area (Å²) in [6, 6.07) is 14.9. The second kappa shape index (κ2) is 6.79. The van der Waals surface area contributed by atoms with Crippen molar-refractivity contribution >= 4 is 5.91 Å². The van der Waals surface area contributed by atoms with Crippen LogP contribution in [-0.4, -0.2) is 20.1 Å². The number of hydrogen-bond donors (Lipinski definition) is 1. The molecule has 4 heteroatoms. The Hall–Kier alpha value is -2.49. The van der Waals surface area contributed by atoms with Crippen LogP contribution in [0.3, 0.4) is 0 Å². The van der Waals surface area contributed by atoms with Crippen LogP contribution < -0.4 is 14.8 Å². The third-order valence-electron chi connectivity index (χ3n) is 3.30. The maximum absolute atomic E-state index is 12.4. The van der Waals surface area contributed by atoms with Gasteiger partial charge < -0.3 is 14.8 Å². The molecule has 0 heterocycles. The summed E-state index contributed by atoms with van der Waals surface area (Å²) in [5.41, 5.74) is 1.54. The molecule has 2 aromatic carbocycles. The number of carbonyl (C=O) groups is 1. The number of hydrogen-bond acceptors (Lipinski definition) is 3. The maximum atomic E-state index is 12.4. The van der Waals surface area contributed by atoms with Crippen LogP contribution in [0.2, 0.25) is 0 Å². The Balaban J connectivity index is 2.17. The number of nitrogens with one attached hydrogen (secondary N) is 1. The van der Waals surface area contributed by atoms with Gasteiger partial charge in [0.25, 0.3) is 5.91 Å². The van der Waals surface area contributed by atoms with E-state index in [-0.39, 0.29) is 11.9 Å². The molecule has 110 valence electrons. The van der Waals surface area contributed by atoms with Crippen LogP contribution in [0.15, 0.2) is 48.5 Å². The molecule has 0 radical (unpaired) electrons. The van der Waals surface area contributed by atoms with Gasteiger partial charge in [-0.15, -0.1) is 0 Å². The summed E-state index contributed by atoms with van der Waals surface area (Å²) in [7, 11) is 3.11. The first-order valence-corrected chi connectivity index (χ1v) is 6.73. The number of carbonyl (C=O) groups excluding carboxylic acids is 1. The lowest BCUT2D eigenvalue weighted by molar-refractivity contribution is 0.0937. The topological polar surface area (TPSA) is 47.6 Å². The van der Waals surface area contributed by atoms with Gasteiger partial charge in [0.05, 0.1) is 25.8 Å². The van der Waals surface area contributed by atoms with Crippen LogP contribution in [0, 0.1) is 0 Å². The fraction of sp³-hybridized carbons (Fsp3) is 0.235. The molecule has 0 aliphatic heterocycles. The number of amides is 1. The Morgan fingerprint density at radius 3 is 2.38 bits per heavy atom. The quantitative estimate of drug-likeness (QED) is 0.917. The normalized spacial score (nSPS) is 11.6. The molecule has 2 rings (SSSR count). The van der Waals surface area contributed by atoms with E-state index in [1.54, 1.807) is 25.3 Å². The van der Waals surface area contributed by atoms with E-state index in [0.29, 0.717) is 17.1 Å². The SMILES string of the molecule is COc1ccc(C(=O)NC(C)c2ccccc2)c(OC)c1. The third-order valence-corrected chi connectivity index (χ3v) is 3.30. The lowest BCUT2D eigenvalue weighted by Gasteiger charge is -2.16. The molecule has 0 bridgehead atoms. The summed E-state index contributed by atoms with van der Waals surface area (Å²) in [5, 5.41) is 2.96. The Kier molecular flexibility index (Phi) is 4.82. The van der Waals surface area contributed by atoms with Crippen molar-refractivity contribution in [2.45, 2.75) is 13.0 Å². The van der Waals surface area contributed by atoms with Gasteiger partial charge in [-0.3, -0.25) is 4.79 Å². The van der Waals surface area contributed by atoms with Gasteiger partial charge >= 0.3 is 0 Å². The summed E-state index contributed by atoms with van der Waals surface area (Å²) >= 11 is 0. The van der Waals surface area contributed by atoms with E-state index in [0.717, 1.165) is 5.56 Å². The lowest BCUT2D eigenvalue weighted by Crippen LogP contribution is -2.27. The van der Waals surface area contributed by atoms with Crippen molar-refractivity contribution in [1.82, 2.24) is 5.32 Å². The molecule has 0 spiro atoms. The molecular weight excluding hydrogens is 266 g/mol. The average Bonchev–Trinajstić information content (AvgIpc) is 2.54. The van der Waals surface area contributed by atoms with E-state index in [9.17, 15) is 4.79 Å². The standard InChI is InChI=1S/C17H19NO3/c1-12(13-7-5-4-6-8-13)18-17(19)15-10-9-14(20-2)11-16(15)21-3/h4-12H,1-3H3,(H,18,19). The van der Waals surface area contributed by atoms with Crippen LogP contribution in [-0.2, 0) is 0 Å². The van der Waals surface area contributed by atoms with Gasteiger partial charge in [-0.2, -0.15) is 0 Å². The van der Waals surface area contributed by atoms with Crippen molar-refractivity contribution in [2.24, 2.45) is 0 Å². The highest BCUT2D eigenvalue weighted by molar-refractivity contribution is 5.97. The Labute approximate surface area is 124 Å². The van der Waals surface area contributed by atoms with E-state index in [2.05, 4.69) is 5.32 Å². The van der Waals surface area contributed by atoms with E-state index in [1.165, 1.54) is 7.11 Å². The first-order valence-electron chi connectivity index (χ1n) is 6.73. The summed E-state index contributed by atoms with van der Waals surface area (Å²) < 4.78 is 10.4. The zero-order chi connectivity index (χ0) is 15.2. The predicted octanol–water partition coefficient (Wildman–Crippen LogP) is 3.19. The smallest absolute Gasteiger partial charge is 0.255 e. The number of rotatable bonds is 5. The number of methoxy groups -OCH3 is 2. The number of benzene rings is 2. The molecule has 0 saturated heterocycles. The van der Waals surface area contributed by atoms with Crippen LogP contribution in [0.25, 0.3) is 0 Å². The van der Waals surface area contributed by atoms with Crippen LogP contribution in [0.5, 0.6) is 11.5 Å². The predicted molar refractivity (Wildman–Crippen MR) is 81.9 cm³/mol. The highest BCUT2D eigenvalue weighted by Gasteiger charge is 2.16. The highest BCUT2D eigenvalue weighted by Crippen LogP contribution is 2.25. The summed E-state index contributed by atoms with van der Waals surface area (Å²) in [6.07, 6.45) is 0. The molecule has 0 saturated carbocycles. The van der Waals surface area contributed by atoms with Gasteiger partial charge in [0, 0.05) is 6.07 Å². The molecule has 1 amide bonds. The molecule has 4 nitrogen and oxygen atoms in total. The van der Waals surface area contributed by atoms with Crippen LogP contribution >= 0.6 is 0 Å². The van der Waals surface area contributed by atoms with Gasteiger partial charge in [-0.25, -0.2) is 0 Å². The molecular formula is C17H19NO3. The van der Waals surface area contributed by atoms with Gasteiger partial charge in [0.15, 0.2) is 0 Å². The first kappa shape index (κ1) is 14.9. The first-order chi connectivity index (χ1) is 10.2. The van der Waals surface area contributed by atoms with Crippen LogP contribution in [0.1, 0.15) is 28.9 Å². The molecule has 0 aliphatic carbocycles. The molecule has 0 aliphatic rings. The zero-order valence-corrected chi connectivity index (χ0v) is 12.4. The van der Waals surface area contributed by atoms with E-state index >= 15 is 0 Å². The van der Waals surface area contributed by atoms with Crippen molar-refractivity contribution in [3.8, 4) is 11.5 Å². The van der Waals surface area contributed by atoms with Gasteiger partial charge in [-0.1, -0.05) is 30.3 Å². The van der Waals surface area contributed by atoms with Gasteiger partial charge in [-0.05, 0) is 24.6 Å². The number of ether oxygens (including phenoxy) is 2. The zero-order valence-electron chi connectivity index (χ0n) is 12.4. The largest absolute Gasteiger partial charge is 0.497 e. The molecule has 21 heavy (non-hydrogen) atoms. The molecule has 1 N–H and O–H groups in total. The van der Waals surface area contributed by atoms with Crippen molar-refractivity contribution in [2.75, 3.05) is 14.2 Å². The maximum Gasteiger partial charge on any atom is 0.255 e. The average molecular weight is 285 g/mol. The second-order valence-electron chi connectivity index (χ2n) is 4.67. The minimum Gasteiger partial charge on any atom is -0.497 e. The molecule has 1 unspecified atom stereocenters. The van der Waals surface area contributed by atoms with Crippen molar-refractivity contribution in [3.05, 3.63) is 59.7 Å². The molecule has 1 atom stereocenters. The highest BCUT2D eigenvalue weighted by atomic mass is 16.5. The van der Waals surface area contributed by atoms with Crippen LogP contribution in [0.4, 0.5) is 0 Å². The van der Waals surface area contributed by atoms with Gasteiger partial charge in [0.1, 0.15) is 11.5 Å². The fourth-order valence-corrected chi connectivity index (χ4v) is 2.09. The summed E-state index contributed by atoms with van der Waals surface area (Å²) in [6.45, 7) is 1.95. The minimum absolute atomic E-state index is 0.0782. The Morgan fingerprint density at radius 1 is 1.05 bits per heavy atom. The van der Waals surface area contributed by atoms with E-state index in [4.69, 9.17) is 9.47 Å². The summed E-state index contributed by atoms with van der Waals surface area (Å²) in [4.78, 5) is 12.4. The van der Waals surface area contributed by atoms with E-state index in [1.807, 2.05) is 37.3 Å². The molecule has 2 aromatic rings. The summed E-state index contributed by atoms with van der Waals surface area (Å²) in [5.74, 6) is 0.970. The monoisotopic (exact) mass is 285 g/mol. The second-order valence-corrected chi connectivity index (χ2v) is 4.67. The van der Waals surface area contributed by atoms with Crippen molar-refractivity contribution in [1.29, 1.82) is 0 Å². The fourth-order valence-electron chi connectivity index (χ4n) is 2.09. The Bertz CT molecular complexity index is 611. The lowest BCUT2D eigenvalue weighted by atomic mass is 10.1. The third kappa shape index (κ3) is 3.54. The molecule has 0 aromatic heterocycles.